The summed E-state index contributed by atoms with van der Waals surface area (Å²) in [5, 5.41) is 3.21. The maximum absolute atomic E-state index is 14.4. The van der Waals surface area contributed by atoms with Crippen LogP contribution >= 0.6 is 0 Å². The Morgan fingerprint density at radius 2 is 1.24 bits per heavy atom. The summed E-state index contributed by atoms with van der Waals surface area (Å²) in [6.45, 7) is 14.9. The highest BCUT2D eigenvalue weighted by Gasteiger charge is 2.30. The van der Waals surface area contributed by atoms with E-state index in [1.165, 1.54) is 11.1 Å². The van der Waals surface area contributed by atoms with E-state index in [0.29, 0.717) is 44.6 Å². The quantitative estimate of drug-likeness (QED) is 0.183. The van der Waals surface area contributed by atoms with Crippen molar-refractivity contribution in [2.45, 2.75) is 58.5 Å². The molecule has 2 fully saturated rings. The summed E-state index contributed by atoms with van der Waals surface area (Å²) < 4.78 is 0. The first-order valence-electron chi connectivity index (χ1n) is 19.3. The van der Waals surface area contributed by atoms with Crippen molar-refractivity contribution >= 4 is 29.5 Å². The van der Waals surface area contributed by atoms with Gasteiger partial charge in [0.05, 0.1) is 0 Å². The first-order chi connectivity index (χ1) is 26.0. The Kier molecular flexibility index (Phi) is 12.7. The molecule has 0 bridgehead atoms. The lowest BCUT2D eigenvalue weighted by Gasteiger charge is -2.36. The van der Waals surface area contributed by atoms with E-state index in [1.807, 2.05) is 52.3 Å². The standard InChI is InChI=1S/C46H55N5O3/c1-35(52)49-27-29-50(30-28-49)42-21-17-38(18-22-42)32-40(31-37-15-19-41(20-16-37)46(2,3)4)44(53)47-43(33-36-11-7-5-8-12-36)45(54)51-25-23-48(24-26-51)34-39-13-9-6-10-14-39/h5-22,31,43H,23-30,32-34H2,1-4H3,(H,47,53). The van der Waals surface area contributed by atoms with Crippen molar-refractivity contribution in [1.29, 1.82) is 0 Å². The van der Waals surface area contributed by atoms with Crippen molar-refractivity contribution in [1.82, 2.24) is 20.0 Å². The van der Waals surface area contributed by atoms with Crippen LogP contribution in [0.1, 0.15) is 55.5 Å². The molecule has 2 aliphatic heterocycles. The third kappa shape index (κ3) is 10.5. The van der Waals surface area contributed by atoms with Crippen LogP contribution in [0, 0.1) is 0 Å². The van der Waals surface area contributed by atoms with Gasteiger partial charge >= 0.3 is 0 Å². The summed E-state index contributed by atoms with van der Waals surface area (Å²) in [6.07, 6.45) is 2.79. The average Bonchev–Trinajstić information content (AvgIpc) is 3.18. The van der Waals surface area contributed by atoms with Crippen molar-refractivity contribution in [2.75, 3.05) is 57.3 Å². The SMILES string of the molecule is CC(=O)N1CCN(c2ccc(CC(=Cc3ccc(C(C)(C)C)cc3)C(=O)NC(Cc3ccccc3)C(=O)N3CCN(Cc4ccccc4)CC3)cc2)CC1. The van der Waals surface area contributed by atoms with Crippen LogP contribution in [0.25, 0.3) is 6.08 Å². The number of anilines is 1. The minimum Gasteiger partial charge on any atom is -0.368 e. The molecule has 0 saturated carbocycles. The molecule has 282 valence electrons. The fourth-order valence-corrected chi connectivity index (χ4v) is 7.29. The smallest absolute Gasteiger partial charge is 0.248 e. The fraction of sp³-hybridized carbons (Fsp3) is 0.370. The lowest BCUT2D eigenvalue weighted by Crippen LogP contribution is -2.55. The van der Waals surface area contributed by atoms with Crippen LogP contribution in [0.5, 0.6) is 0 Å². The number of nitrogens with zero attached hydrogens (tertiary/aromatic N) is 4. The van der Waals surface area contributed by atoms with E-state index in [1.54, 1.807) is 6.92 Å². The molecule has 54 heavy (non-hydrogen) atoms. The second-order valence-electron chi connectivity index (χ2n) is 15.7. The van der Waals surface area contributed by atoms with Gasteiger partial charge in [0.25, 0.3) is 0 Å². The van der Waals surface area contributed by atoms with E-state index < -0.39 is 6.04 Å². The van der Waals surface area contributed by atoms with Crippen LogP contribution < -0.4 is 10.2 Å². The molecule has 0 spiro atoms. The first-order valence-corrected chi connectivity index (χ1v) is 19.3. The van der Waals surface area contributed by atoms with Gasteiger partial charge in [-0.25, -0.2) is 0 Å². The summed E-state index contributed by atoms with van der Waals surface area (Å²) in [7, 11) is 0. The van der Waals surface area contributed by atoms with Crippen LogP contribution in [0.4, 0.5) is 5.69 Å². The Morgan fingerprint density at radius 3 is 1.81 bits per heavy atom. The first kappa shape index (κ1) is 38.5. The zero-order chi connectivity index (χ0) is 38.1. The van der Waals surface area contributed by atoms with Crippen molar-refractivity contribution in [3.63, 3.8) is 0 Å². The summed E-state index contributed by atoms with van der Waals surface area (Å²) in [5.74, 6) is -0.171. The van der Waals surface area contributed by atoms with E-state index in [2.05, 4.69) is 109 Å². The van der Waals surface area contributed by atoms with Crippen molar-refractivity contribution in [3.05, 3.63) is 143 Å². The molecule has 1 atom stereocenters. The van der Waals surface area contributed by atoms with Gasteiger partial charge in [-0.2, -0.15) is 0 Å². The highest BCUT2D eigenvalue weighted by atomic mass is 16.2. The van der Waals surface area contributed by atoms with E-state index in [9.17, 15) is 14.4 Å². The van der Waals surface area contributed by atoms with Gasteiger partial charge in [0, 0.05) is 89.9 Å². The number of amides is 3. The predicted octanol–water partition coefficient (Wildman–Crippen LogP) is 6.35. The van der Waals surface area contributed by atoms with Crippen molar-refractivity contribution in [3.8, 4) is 0 Å². The van der Waals surface area contributed by atoms with Crippen LogP contribution in [0.15, 0.2) is 115 Å². The van der Waals surface area contributed by atoms with Gasteiger partial charge in [0.15, 0.2) is 0 Å². The van der Waals surface area contributed by atoms with E-state index >= 15 is 0 Å². The molecule has 0 aromatic heterocycles. The Labute approximate surface area is 321 Å². The Hall–Kier alpha value is -5.21. The minimum atomic E-state index is -0.705. The van der Waals surface area contributed by atoms with E-state index in [0.717, 1.165) is 55.1 Å². The van der Waals surface area contributed by atoms with Gasteiger partial charge < -0.3 is 20.0 Å². The number of piperazine rings is 2. The topological polar surface area (TPSA) is 76.2 Å². The number of carbonyl (C=O) groups is 3. The normalized spacial score (nSPS) is 16.2. The number of benzene rings is 4. The molecule has 6 rings (SSSR count). The summed E-state index contributed by atoms with van der Waals surface area (Å²) in [4.78, 5) is 49.0. The average molecular weight is 726 g/mol. The number of carbonyl (C=O) groups excluding carboxylic acids is 3. The minimum absolute atomic E-state index is 0.0148. The molecule has 4 aromatic carbocycles. The van der Waals surface area contributed by atoms with Crippen LogP contribution in [0.3, 0.4) is 0 Å². The second-order valence-corrected chi connectivity index (χ2v) is 15.7. The van der Waals surface area contributed by atoms with Gasteiger partial charge in [0.1, 0.15) is 6.04 Å². The molecule has 1 unspecified atom stereocenters. The fourth-order valence-electron chi connectivity index (χ4n) is 7.29. The van der Waals surface area contributed by atoms with Gasteiger partial charge in [-0.3, -0.25) is 19.3 Å². The molecular weight excluding hydrogens is 671 g/mol. The molecule has 2 aliphatic rings. The third-order valence-electron chi connectivity index (χ3n) is 10.6. The summed E-state index contributed by atoms with van der Waals surface area (Å²) in [6, 6.07) is 36.4. The monoisotopic (exact) mass is 725 g/mol. The van der Waals surface area contributed by atoms with E-state index in [4.69, 9.17) is 0 Å². The lowest BCUT2D eigenvalue weighted by molar-refractivity contribution is -0.137. The van der Waals surface area contributed by atoms with E-state index in [-0.39, 0.29) is 23.1 Å². The van der Waals surface area contributed by atoms with Gasteiger partial charge in [0.2, 0.25) is 17.7 Å². The van der Waals surface area contributed by atoms with Crippen LogP contribution in [0.2, 0.25) is 0 Å². The van der Waals surface area contributed by atoms with Gasteiger partial charge in [-0.05, 0) is 51.4 Å². The Balaban J connectivity index is 1.20. The molecule has 2 saturated heterocycles. The number of hydrogen-bond acceptors (Lipinski definition) is 5. The summed E-state index contributed by atoms with van der Waals surface area (Å²) >= 11 is 0. The van der Waals surface area contributed by atoms with Gasteiger partial charge in [-0.15, -0.1) is 0 Å². The zero-order valence-corrected chi connectivity index (χ0v) is 32.3. The predicted molar refractivity (Wildman–Crippen MR) is 218 cm³/mol. The lowest BCUT2D eigenvalue weighted by atomic mass is 9.86. The maximum atomic E-state index is 14.4. The Bertz CT molecular complexity index is 1870. The number of hydrogen-bond donors (Lipinski definition) is 1. The highest BCUT2D eigenvalue weighted by molar-refractivity contribution is 6.01. The van der Waals surface area contributed by atoms with Gasteiger partial charge in [-0.1, -0.05) is 118 Å². The highest BCUT2D eigenvalue weighted by Crippen LogP contribution is 2.24. The Morgan fingerprint density at radius 1 is 0.667 bits per heavy atom. The third-order valence-corrected chi connectivity index (χ3v) is 10.6. The molecular formula is C46H55N5O3. The molecule has 8 heteroatoms. The molecule has 0 radical (unpaired) electrons. The van der Waals surface area contributed by atoms with Crippen molar-refractivity contribution in [2.24, 2.45) is 0 Å². The molecule has 4 aromatic rings. The molecule has 1 N–H and O–H groups in total. The van der Waals surface area contributed by atoms with Crippen LogP contribution in [-0.2, 0) is 39.2 Å². The van der Waals surface area contributed by atoms with Crippen LogP contribution in [-0.4, -0.2) is 90.8 Å². The second kappa shape index (κ2) is 17.7. The molecule has 8 nitrogen and oxygen atoms in total. The summed E-state index contributed by atoms with van der Waals surface area (Å²) in [5.41, 5.74) is 7.15. The molecule has 3 amide bonds. The van der Waals surface area contributed by atoms with Crippen molar-refractivity contribution < 1.29 is 14.4 Å². The largest absolute Gasteiger partial charge is 0.368 e. The maximum Gasteiger partial charge on any atom is 0.248 e. The molecule has 2 heterocycles. The zero-order valence-electron chi connectivity index (χ0n) is 32.3. The number of rotatable bonds is 11. The number of nitrogens with one attached hydrogen (secondary N) is 1. The molecule has 0 aliphatic carbocycles.